The number of hydrogen-bond donors (Lipinski definition) is 1. The minimum absolute atomic E-state index is 0.970. The second-order valence-corrected chi connectivity index (χ2v) is 5.57. The Bertz CT molecular complexity index is 405. The number of nitrogens with one attached hydrogen (secondary N) is 1. The molecule has 0 spiro atoms. The Morgan fingerprint density at radius 1 is 1.10 bits per heavy atom. The van der Waals surface area contributed by atoms with Crippen molar-refractivity contribution in [1.82, 2.24) is 14.9 Å². The van der Waals surface area contributed by atoms with Crippen molar-refractivity contribution in [3.05, 3.63) is 17.6 Å². The average molecular weight is 276 g/mol. The first-order valence-electron chi connectivity index (χ1n) is 8.14. The molecule has 0 saturated carbocycles. The molecule has 0 radical (unpaired) electrons. The minimum Gasteiger partial charge on any atom is -0.368 e. The molecule has 0 unspecified atom stereocenters. The quantitative estimate of drug-likeness (QED) is 0.778. The molecule has 4 heteroatoms. The number of aryl methyl sites for hydroxylation is 1. The van der Waals surface area contributed by atoms with Crippen molar-refractivity contribution in [3.63, 3.8) is 0 Å². The molecule has 0 aliphatic heterocycles. The molecule has 1 aliphatic rings. The average Bonchev–Trinajstić information content (AvgIpc) is 2.72. The standard InChI is InChI=1S/C16H28N4/c1-3-11-20(4-2)12-10-17-16-14-8-6-5-7-9-15(14)18-13-19-16/h13H,3-12H2,1-2H3,(H,17,18,19). The number of rotatable bonds is 7. The van der Waals surface area contributed by atoms with Crippen molar-refractivity contribution < 1.29 is 0 Å². The zero-order valence-corrected chi connectivity index (χ0v) is 13.0. The molecule has 4 nitrogen and oxygen atoms in total. The van der Waals surface area contributed by atoms with Gasteiger partial charge in [-0.3, -0.25) is 0 Å². The Hall–Kier alpha value is -1.16. The molecular weight excluding hydrogens is 248 g/mol. The summed E-state index contributed by atoms with van der Waals surface area (Å²) in [5.74, 6) is 1.07. The van der Waals surface area contributed by atoms with E-state index in [1.807, 2.05) is 0 Å². The second kappa shape index (κ2) is 8.20. The summed E-state index contributed by atoms with van der Waals surface area (Å²) in [6.45, 7) is 8.82. The number of anilines is 1. The second-order valence-electron chi connectivity index (χ2n) is 5.57. The largest absolute Gasteiger partial charge is 0.368 e. The van der Waals surface area contributed by atoms with Gasteiger partial charge in [0.15, 0.2) is 0 Å². The van der Waals surface area contributed by atoms with E-state index in [1.165, 1.54) is 43.5 Å². The van der Waals surface area contributed by atoms with E-state index in [0.717, 1.165) is 38.3 Å². The lowest BCUT2D eigenvalue weighted by Gasteiger charge is -2.20. The zero-order chi connectivity index (χ0) is 14.2. The van der Waals surface area contributed by atoms with Crippen LogP contribution in [0, 0.1) is 0 Å². The molecule has 1 aromatic heterocycles. The topological polar surface area (TPSA) is 41.0 Å². The van der Waals surface area contributed by atoms with Crippen LogP contribution in [0.4, 0.5) is 5.82 Å². The van der Waals surface area contributed by atoms with Gasteiger partial charge in [0.25, 0.3) is 0 Å². The van der Waals surface area contributed by atoms with E-state index in [2.05, 4.69) is 34.0 Å². The predicted molar refractivity (Wildman–Crippen MR) is 84.2 cm³/mol. The van der Waals surface area contributed by atoms with Gasteiger partial charge < -0.3 is 10.2 Å². The predicted octanol–water partition coefficient (Wildman–Crippen LogP) is 2.89. The molecule has 2 rings (SSSR count). The summed E-state index contributed by atoms with van der Waals surface area (Å²) in [4.78, 5) is 11.4. The fourth-order valence-corrected chi connectivity index (χ4v) is 2.93. The van der Waals surface area contributed by atoms with Crippen molar-refractivity contribution in [3.8, 4) is 0 Å². The van der Waals surface area contributed by atoms with Crippen molar-refractivity contribution in [2.75, 3.05) is 31.5 Å². The van der Waals surface area contributed by atoms with Crippen LogP contribution in [0.1, 0.15) is 50.8 Å². The molecule has 1 heterocycles. The van der Waals surface area contributed by atoms with Crippen molar-refractivity contribution in [2.24, 2.45) is 0 Å². The monoisotopic (exact) mass is 276 g/mol. The molecule has 1 aromatic rings. The fraction of sp³-hybridized carbons (Fsp3) is 0.750. The molecule has 1 N–H and O–H groups in total. The summed E-state index contributed by atoms with van der Waals surface area (Å²) in [5, 5.41) is 3.53. The van der Waals surface area contributed by atoms with Crippen LogP contribution in [0.5, 0.6) is 0 Å². The Morgan fingerprint density at radius 2 is 1.95 bits per heavy atom. The highest BCUT2D eigenvalue weighted by molar-refractivity contribution is 5.46. The highest BCUT2D eigenvalue weighted by atomic mass is 15.1. The van der Waals surface area contributed by atoms with Gasteiger partial charge in [-0.05, 0) is 45.2 Å². The van der Waals surface area contributed by atoms with Gasteiger partial charge in [-0.15, -0.1) is 0 Å². The van der Waals surface area contributed by atoms with Crippen LogP contribution in [-0.2, 0) is 12.8 Å². The zero-order valence-electron chi connectivity index (χ0n) is 13.0. The van der Waals surface area contributed by atoms with Crippen LogP contribution in [-0.4, -0.2) is 41.0 Å². The molecule has 0 fully saturated rings. The van der Waals surface area contributed by atoms with E-state index in [4.69, 9.17) is 0 Å². The number of hydrogen-bond acceptors (Lipinski definition) is 4. The first-order valence-corrected chi connectivity index (χ1v) is 8.14. The van der Waals surface area contributed by atoms with Crippen molar-refractivity contribution in [2.45, 2.75) is 52.4 Å². The number of nitrogens with zero attached hydrogens (tertiary/aromatic N) is 3. The smallest absolute Gasteiger partial charge is 0.132 e. The van der Waals surface area contributed by atoms with Crippen LogP contribution in [0.15, 0.2) is 6.33 Å². The van der Waals surface area contributed by atoms with Crippen LogP contribution < -0.4 is 5.32 Å². The SMILES string of the molecule is CCCN(CC)CCNc1ncnc2c1CCCCC2. The van der Waals surface area contributed by atoms with Crippen LogP contribution >= 0.6 is 0 Å². The van der Waals surface area contributed by atoms with E-state index in [0.29, 0.717) is 0 Å². The Labute approximate surface area is 123 Å². The van der Waals surface area contributed by atoms with Gasteiger partial charge in [0.2, 0.25) is 0 Å². The molecule has 0 bridgehead atoms. The third kappa shape index (κ3) is 4.17. The van der Waals surface area contributed by atoms with Crippen LogP contribution in [0.2, 0.25) is 0 Å². The van der Waals surface area contributed by atoms with Gasteiger partial charge in [-0.1, -0.05) is 20.3 Å². The third-order valence-electron chi connectivity index (χ3n) is 4.08. The molecule has 0 aromatic carbocycles. The van der Waals surface area contributed by atoms with E-state index in [1.54, 1.807) is 6.33 Å². The maximum atomic E-state index is 4.47. The summed E-state index contributed by atoms with van der Waals surface area (Å²) in [6.07, 6.45) is 9.03. The lowest BCUT2D eigenvalue weighted by Crippen LogP contribution is -2.30. The number of aromatic nitrogens is 2. The lowest BCUT2D eigenvalue weighted by molar-refractivity contribution is 0.300. The van der Waals surface area contributed by atoms with Gasteiger partial charge >= 0.3 is 0 Å². The molecular formula is C16H28N4. The van der Waals surface area contributed by atoms with Gasteiger partial charge in [-0.25, -0.2) is 9.97 Å². The molecule has 112 valence electrons. The van der Waals surface area contributed by atoms with E-state index in [9.17, 15) is 0 Å². The van der Waals surface area contributed by atoms with E-state index in [-0.39, 0.29) is 0 Å². The maximum absolute atomic E-state index is 4.47. The lowest BCUT2D eigenvalue weighted by atomic mass is 10.1. The van der Waals surface area contributed by atoms with Crippen LogP contribution in [0.25, 0.3) is 0 Å². The summed E-state index contributed by atoms with van der Waals surface area (Å²) >= 11 is 0. The molecule has 0 atom stereocenters. The first-order chi connectivity index (χ1) is 9.85. The Balaban J connectivity index is 1.92. The van der Waals surface area contributed by atoms with Gasteiger partial charge in [0, 0.05) is 24.3 Å². The normalized spacial score (nSPS) is 14.9. The fourth-order valence-electron chi connectivity index (χ4n) is 2.93. The molecule has 20 heavy (non-hydrogen) atoms. The highest BCUT2D eigenvalue weighted by Gasteiger charge is 2.14. The molecule has 0 saturated heterocycles. The Morgan fingerprint density at radius 3 is 2.75 bits per heavy atom. The van der Waals surface area contributed by atoms with E-state index < -0.39 is 0 Å². The minimum atomic E-state index is 0.970. The summed E-state index contributed by atoms with van der Waals surface area (Å²) < 4.78 is 0. The van der Waals surface area contributed by atoms with Gasteiger partial charge in [0.1, 0.15) is 12.1 Å². The number of fused-ring (bicyclic) bond motifs is 1. The highest BCUT2D eigenvalue weighted by Crippen LogP contribution is 2.23. The summed E-state index contributed by atoms with van der Waals surface area (Å²) in [5.41, 5.74) is 2.63. The number of likely N-dealkylation sites (N-methyl/N-ethyl adjacent to an activating group) is 1. The molecule has 1 aliphatic carbocycles. The van der Waals surface area contributed by atoms with E-state index >= 15 is 0 Å². The Kier molecular flexibility index (Phi) is 6.25. The summed E-state index contributed by atoms with van der Waals surface area (Å²) in [6, 6.07) is 0. The maximum Gasteiger partial charge on any atom is 0.132 e. The van der Waals surface area contributed by atoms with Gasteiger partial charge in [0.05, 0.1) is 0 Å². The van der Waals surface area contributed by atoms with Crippen LogP contribution in [0.3, 0.4) is 0 Å². The molecule has 0 amide bonds. The van der Waals surface area contributed by atoms with Gasteiger partial charge in [-0.2, -0.15) is 0 Å². The first kappa shape index (κ1) is 15.2. The van der Waals surface area contributed by atoms with Crippen molar-refractivity contribution >= 4 is 5.82 Å². The third-order valence-corrected chi connectivity index (χ3v) is 4.08. The van der Waals surface area contributed by atoms with Crippen molar-refractivity contribution in [1.29, 1.82) is 0 Å². The summed E-state index contributed by atoms with van der Waals surface area (Å²) in [7, 11) is 0.